The van der Waals surface area contributed by atoms with Gasteiger partial charge in [0.05, 0.1) is 6.54 Å². The molecule has 0 aliphatic heterocycles. The van der Waals surface area contributed by atoms with Gasteiger partial charge in [-0.2, -0.15) is 5.10 Å². The summed E-state index contributed by atoms with van der Waals surface area (Å²) in [7, 11) is 0. The second-order valence-corrected chi connectivity index (χ2v) is 4.25. The van der Waals surface area contributed by atoms with Gasteiger partial charge in [0.15, 0.2) is 10.6 Å². The lowest BCUT2D eigenvalue weighted by molar-refractivity contribution is 0.265. The van der Waals surface area contributed by atoms with Crippen LogP contribution >= 0.6 is 12.2 Å². The fourth-order valence-electron chi connectivity index (χ4n) is 1.70. The van der Waals surface area contributed by atoms with Crippen LogP contribution in [0.1, 0.15) is 23.9 Å². The summed E-state index contributed by atoms with van der Waals surface area (Å²) >= 11 is 5.12. The molecule has 2 aromatic rings. The lowest BCUT2D eigenvalue weighted by Gasteiger charge is -2.06. The van der Waals surface area contributed by atoms with Crippen LogP contribution in [0.5, 0.6) is 0 Å². The second-order valence-electron chi connectivity index (χ2n) is 3.86. The molecule has 0 unspecified atom stereocenters. The van der Waals surface area contributed by atoms with Gasteiger partial charge in [-0.15, -0.1) is 0 Å². The van der Waals surface area contributed by atoms with E-state index in [1.165, 1.54) is 5.56 Å². The van der Waals surface area contributed by atoms with E-state index in [2.05, 4.69) is 41.4 Å². The van der Waals surface area contributed by atoms with Crippen LogP contribution in [0.15, 0.2) is 24.3 Å². The maximum absolute atomic E-state index is 9.14. The number of aromatic nitrogens is 3. The van der Waals surface area contributed by atoms with Gasteiger partial charge in [0, 0.05) is 0 Å². The number of benzene rings is 1. The second kappa shape index (κ2) is 5.25. The summed E-state index contributed by atoms with van der Waals surface area (Å²) < 4.78 is 2.34. The molecule has 5 heteroatoms. The Kier molecular flexibility index (Phi) is 3.71. The van der Waals surface area contributed by atoms with Gasteiger partial charge in [-0.05, 0) is 29.8 Å². The zero-order valence-corrected chi connectivity index (χ0v) is 10.5. The SMILES string of the molecule is CCc1ccc(Cn2c(CO)n[nH]c2=S)cc1. The monoisotopic (exact) mass is 249 g/mol. The number of rotatable bonds is 4. The maximum atomic E-state index is 9.14. The molecule has 0 bridgehead atoms. The molecule has 0 aliphatic carbocycles. The predicted octanol–water partition coefficient (Wildman–Crippen LogP) is 2.04. The largest absolute Gasteiger partial charge is 0.388 e. The minimum atomic E-state index is -0.111. The van der Waals surface area contributed by atoms with Crippen LogP contribution in [0.4, 0.5) is 0 Å². The minimum absolute atomic E-state index is 0.111. The summed E-state index contributed by atoms with van der Waals surface area (Å²) in [6, 6.07) is 8.37. The van der Waals surface area contributed by atoms with Crippen molar-refractivity contribution in [3.05, 3.63) is 46.0 Å². The number of hydrogen-bond donors (Lipinski definition) is 2. The first-order chi connectivity index (χ1) is 8.24. The van der Waals surface area contributed by atoms with Crippen LogP contribution in [0.2, 0.25) is 0 Å². The van der Waals surface area contributed by atoms with Crippen molar-refractivity contribution in [2.75, 3.05) is 0 Å². The molecule has 1 aromatic heterocycles. The number of aliphatic hydroxyl groups excluding tert-OH is 1. The maximum Gasteiger partial charge on any atom is 0.195 e. The summed E-state index contributed by atoms with van der Waals surface area (Å²) in [6.45, 7) is 2.65. The first kappa shape index (κ1) is 12.0. The average Bonchev–Trinajstić information content (AvgIpc) is 2.71. The smallest absolute Gasteiger partial charge is 0.195 e. The van der Waals surface area contributed by atoms with E-state index in [0.717, 1.165) is 12.0 Å². The molecule has 0 aliphatic rings. The van der Waals surface area contributed by atoms with Crippen molar-refractivity contribution in [2.45, 2.75) is 26.5 Å². The highest BCUT2D eigenvalue weighted by atomic mass is 32.1. The van der Waals surface area contributed by atoms with Gasteiger partial charge < -0.3 is 5.11 Å². The highest BCUT2D eigenvalue weighted by Crippen LogP contribution is 2.08. The van der Waals surface area contributed by atoms with Crippen LogP contribution in [0.3, 0.4) is 0 Å². The topological polar surface area (TPSA) is 53.8 Å². The number of nitrogens with one attached hydrogen (secondary N) is 1. The molecule has 0 saturated carbocycles. The van der Waals surface area contributed by atoms with Gasteiger partial charge in [-0.25, -0.2) is 0 Å². The van der Waals surface area contributed by atoms with Crippen molar-refractivity contribution >= 4 is 12.2 Å². The number of aryl methyl sites for hydroxylation is 1. The van der Waals surface area contributed by atoms with Gasteiger partial charge in [-0.1, -0.05) is 31.2 Å². The number of nitrogens with zero attached hydrogens (tertiary/aromatic N) is 2. The molecule has 0 spiro atoms. The van der Waals surface area contributed by atoms with Crippen LogP contribution in [0, 0.1) is 4.77 Å². The standard InChI is InChI=1S/C12H15N3OS/c1-2-9-3-5-10(6-4-9)7-15-11(8-16)13-14-12(15)17/h3-6,16H,2,7-8H2,1H3,(H,14,17). The molecule has 0 atom stereocenters. The van der Waals surface area contributed by atoms with E-state index >= 15 is 0 Å². The Morgan fingerprint density at radius 2 is 1.94 bits per heavy atom. The summed E-state index contributed by atoms with van der Waals surface area (Å²) in [5, 5.41) is 15.8. The summed E-state index contributed by atoms with van der Waals surface area (Å²) in [5.41, 5.74) is 2.46. The van der Waals surface area contributed by atoms with Gasteiger partial charge in [0.2, 0.25) is 0 Å². The first-order valence-electron chi connectivity index (χ1n) is 5.57. The Labute approximate surface area is 105 Å². The van der Waals surface area contributed by atoms with E-state index in [4.69, 9.17) is 17.3 Å². The van der Waals surface area contributed by atoms with E-state index in [0.29, 0.717) is 17.1 Å². The fourth-order valence-corrected chi connectivity index (χ4v) is 1.91. The highest BCUT2D eigenvalue weighted by molar-refractivity contribution is 7.71. The van der Waals surface area contributed by atoms with Crippen molar-refractivity contribution in [2.24, 2.45) is 0 Å². The average molecular weight is 249 g/mol. The molecular weight excluding hydrogens is 234 g/mol. The van der Waals surface area contributed by atoms with E-state index < -0.39 is 0 Å². The molecule has 2 rings (SSSR count). The van der Waals surface area contributed by atoms with E-state index in [1.807, 2.05) is 0 Å². The van der Waals surface area contributed by atoms with Crippen molar-refractivity contribution in [3.63, 3.8) is 0 Å². The number of H-pyrrole nitrogens is 1. The third-order valence-electron chi connectivity index (χ3n) is 2.75. The van der Waals surface area contributed by atoms with Gasteiger partial charge >= 0.3 is 0 Å². The number of aromatic amines is 1. The molecule has 17 heavy (non-hydrogen) atoms. The Morgan fingerprint density at radius 1 is 1.29 bits per heavy atom. The molecule has 2 N–H and O–H groups in total. The Bertz CT molecular complexity index is 542. The van der Waals surface area contributed by atoms with Gasteiger partial charge in [0.1, 0.15) is 6.61 Å². The van der Waals surface area contributed by atoms with Crippen molar-refractivity contribution < 1.29 is 5.11 Å². The molecule has 0 amide bonds. The lowest BCUT2D eigenvalue weighted by Crippen LogP contribution is -2.05. The Balaban J connectivity index is 2.24. The van der Waals surface area contributed by atoms with Crippen LogP contribution in [0.25, 0.3) is 0 Å². The molecule has 0 saturated heterocycles. The van der Waals surface area contributed by atoms with E-state index in [1.54, 1.807) is 4.57 Å². The highest BCUT2D eigenvalue weighted by Gasteiger charge is 2.05. The molecule has 90 valence electrons. The molecule has 0 fully saturated rings. The van der Waals surface area contributed by atoms with Gasteiger partial charge in [-0.3, -0.25) is 9.67 Å². The number of hydrogen-bond acceptors (Lipinski definition) is 3. The predicted molar refractivity (Wildman–Crippen MR) is 68.3 cm³/mol. The molecule has 1 heterocycles. The lowest BCUT2D eigenvalue weighted by atomic mass is 10.1. The zero-order chi connectivity index (χ0) is 12.3. The number of aliphatic hydroxyl groups is 1. The summed E-state index contributed by atoms with van der Waals surface area (Å²) in [4.78, 5) is 0. The van der Waals surface area contributed by atoms with Crippen LogP contribution < -0.4 is 0 Å². The van der Waals surface area contributed by atoms with Crippen LogP contribution in [-0.2, 0) is 19.6 Å². The molecular formula is C12H15N3OS. The van der Waals surface area contributed by atoms with E-state index in [-0.39, 0.29) is 6.61 Å². The summed E-state index contributed by atoms with van der Waals surface area (Å²) in [5.74, 6) is 0.564. The van der Waals surface area contributed by atoms with Crippen LogP contribution in [-0.4, -0.2) is 19.9 Å². The van der Waals surface area contributed by atoms with Crippen molar-refractivity contribution in [1.82, 2.24) is 14.8 Å². The quantitative estimate of drug-likeness (QED) is 0.815. The third kappa shape index (κ3) is 2.62. The molecule has 1 aromatic carbocycles. The Hall–Kier alpha value is -1.46. The fraction of sp³-hybridized carbons (Fsp3) is 0.333. The van der Waals surface area contributed by atoms with Gasteiger partial charge in [0.25, 0.3) is 0 Å². The van der Waals surface area contributed by atoms with Crippen molar-refractivity contribution in [3.8, 4) is 0 Å². The minimum Gasteiger partial charge on any atom is -0.388 e. The summed E-state index contributed by atoms with van der Waals surface area (Å²) in [6.07, 6.45) is 1.04. The van der Waals surface area contributed by atoms with E-state index in [9.17, 15) is 0 Å². The third-order valence-corrected chi connectivity index (χ3v) is 3.06. The first-order valence-corrected chi connectivity index (χ1v) is 5.98. The molecule has 4 nitrogen and oxygen atoms in total. The molecule has 0 radical (unpaired) electrons. The zero-order valence-electron chi connectivity index (χ0n) is 9.68. The van der Waals surface area contributed by atoms with Crippen molar-refractivity contribution in [1.29, 1.82) is 0 Å². The Morgan fingerprint density at radius 3 is 2.53 bits per heavy atom. The normalized spacial score (nSPS) is 10.7.